The summed E-state index contributed by atoms with van der Waals surface area (Å²) >= 11 is 0. The Morgan fingerprint density at radius 3 is 1.41 bits per heavy atom. The molecule has 0 aromatic heterocycles. The number of hydrogen-bond donors (Lipinski definition) is 3. The van der Waals surface area contributed by atoms with Crippen LogP contribution in [0.2, 0.25) is 0 Å². The van der Waals surface area contributed by atoms with Gasteiger partial charge in [-0.3, -0.25) is 0 Å². The second-order valence-electron chi connectivity index (χ2n) is 5.66. The van der Waals surface area contributed by atoms with Crippen LogP contribution in [-0.2, 0) is 0 Å². The maximum Gasteiger partial charge on any atom is 0.0558 e. The summed E-state index contributed by atoms with van der Waals surface area (Å²) in [5, 5.41) is 25.6. The number of rotatable bonds is 7. The fraction of sp³-hybridized carbons (Fsp3) is 1.00. The molecule has 1 rings (SSSR count). The Morgan fingerprint density at radius 1 is 0.818 bits per heavy atom. The average molecular weight is 321 g/mol. The normalized spacial score (nSPS) is 15.1. The first-order valence-corrected chi connectivity index (χ1v) is 8.86. The maximum atomic E-state index is 8.91. The van der Waals surface area contributed by atoms with Gasteiger partial charge in [-0.05, 0) is 39.5 Å². The van der Waals surface area contributed by atoms with E-state index < -0.39 is 0 Å². The van der Waals surface area contributed by atoms with Crippen LogP contribution in [0.4, 0.5) is 0 Å². The topological polar surface area (TPSA) is 67.2 Å². The first kappa shape index (κ1) is 24.1. The first-order chi connectivity index (χ1) is 10.5. The van der Waals surface area contributed by atoms with Crippen molar-refractivity contribution in [1.82, 2.24) is 9.80 Å². The summed E-state index contributed by atoms with van der Waals surface area (Å²) in [6, 6.07) is 0. The number of hydrogen-bond acceptors (Lipinski definition) is 5. The Labute approximate surface area is 137 Å². The molecule has 0 aliphatic heterocycles. The molecule has 3 N–H and O–H groups in total. The van der Waals surface area contributed by atoms with Crippen LogP contribution in [0.3, 0.4) is 0 Å². The highest BCUT2D eigenvalue weighted by molar-refractivity contribution is 4.61. The van der Waals surface area contributed by atoms with Crippen LogP contribution in [0.25, 0.3) is 0 Å². The van der Waals surface area contributed by atoms with Gasteiger partial charge >= 0.3 is 0 Å². The van der Waals surface area contributed by atoms with Crippen LogP contribution in [-0.4, -0.2) is 84.2 Å². The molecule has 136 valence electrons. The van der Waals surface area contributed by atoms with Gasteiger partial charge in [0, 0.05) is 13.1 Å². The number of likely N-dealkylation sites (N-methyl/N-ethyl adjacent to an activating group) is 1. The third-order valence-corrected chi connectivity index (χ3v) is 3.88. The van der Waals surface area contributed by atoms with Gasteiger partial charge < -0.3 is 25.1 Å². The number of aliphatic hydroxyl groups is 3. The van der Waals surface area contributed by atoms with Gasteiger partial charge in [0.15, 0.2) is 0 Å². The Bertz CT molecular complexity index is 185. The molecule has 0 aromatic carbocycles. The van der Waals surface area contributed by atoms with E-state index in [0.29, 0.717) is 13.1 Å². The van der Waals surface area contributed by atoms with Crippen LogP contribution < -0.4 is 0 Å². The molecule has 5 nitrogen and oxygen atoms in total. The lowest BCUT2D eigenvalue weighted by Crippen LogP contribution is -2.25. The van der Waals surface area contributed by atoms with Crippen LogP contribution in [0, 0.1) is 0 Å². The zero-order valence-corrected chi connectivity index (χ0v) is 15.3. The lowest BCUT2D eigenvalue weighted by molar-refractivity contribution is 0.130. The van der Waals surface area contributed by atoms with Gasteiger partial charge in [-0.2, -0.15) is 0 Å². The predicted molar refractivity (Wildman–Crippen MR) is 94.2 cm³/mol. The third-order valence-electron chi connectivity index (χ3n) is 3.88. The standard InChI is InChI=1S/C6H15N.C6H12O.C5H13NO2/c1-4-7(5-2)6-3;7-6-4-2-1-3-5-6;1-6(2-4-7)3-5-8/h4-6H2,1-3H3;6-7H,1-5H2;7-8H,2-5H2,1H3. The molecular formula is C17H40N2O3. The summed E-state index contributed by atoms with van der Waals surface area (Å²) < 4.78 is 0. The highest BCUT2D eigenvalue weighted by atomic mass is 16.3. The third kappa shape index (κ3) is 17.9. The molecule has 1 aliphatic carbocycles. The Morgan fingerprint density at radius 2 is 1.23 bits per heavy atom. The summed E-state index contributed by atoms with van der Waals surface area (Å²) in [7, 11) is 1.85. The van der Waals surface area contributed by atoms with Crippen molar-refractivity contribution >= 4 is 0 Å². The molecule has 0 spiro atoms. The zero-order chi connectivity index (χ0) is 17.2. The van der Waals surface area contributed by atoms with Crippen LogP contribution in [0.1, 0.15) is 52.9 Å². The number of aliphatic hydroxyl groups excluding tert-OH is 3. The van der Waals surface area contributed by atoms with E-state index in [0.717, 1.165) is 12.8 Å². The molecule has 0 amide bonds. The molecule has 1 aliphatic rings. The van der Waals surface area contributed by atoms with Crippen LogP contribution in [0.5, 0.6) is 0 Å². The Hall–Kier alpha value is -0.200. The van der Waals surface area contributed by atoms with E-state index in [-0.39, 0.29) is 19.3 Å². The zero-order valence-electron chi connectivity index (χ0n) is 15.3. The van der Waals surface area contributed by atoms with Gasteiger partial charge in [-0.1, -0.05) is 40.0 Å². The van der Waals surface area contributed by atoms with Gasteiger partial charge in [-0.15, -0.1) is 0 Å². The van der Waals surface area contributed by atoms with E-state index in [1.165, 1.54) is 38.9 Å². The highest BCUT2D eigenvalue weighted by Gasteiger charge is 2.07. The lowest BCUT2D eigenvalue weighted by Gasteiger charge is -2.14. The summed E-state index contributed by atoms with van der Waals surface area (Å²) in [4.78, 5) is 4.24. The van der Waals surface area contributed by atoms with Crippen molar-refractivity contribution in [1.29, 1.82) is 0 Å². The molecule has 0 unspecified atom stereocenters. The minimum absolute atomic E-state index is 0.0359. The highest BCUT2D eigenvalue weighted by Crippen LogP contribution is 2.16. The Balaban J connectivity index is 0. The van der Waals surface area contributed by atoms with E-state index in [1.54, 1.807) is 0 Å². The fourth-order valence-electron chi connectivity index (χ4n) is 2.21. The van der Waals surface area contributed by atoms with Crippen LogP contribution in [0.15, 0.2) is 0 Å². The van der Waals surface area contributed by atoms with Crippen molar-refractivity contribution in [2.45, 2.75) is 59.0 Å². The van der Waals surface area contributed by atoms with E-state index in [9.17, 15) is 0 Å². The molecule has 0 atom stereocenters. The molecule has 0 bridgehead atoms. The summed E-state index contributed by atoms with van der Waals surface area (Å²) in [6.45, 7) is 11.7. The minimum atomic E-state index is 0.0359. The van der Waals surface area contributed by atoms with Crippen molar-refractivity contribution in [2.24, 2.45) is 0 Å². The Kier molecular flexibility index (Phi) is 20.6. The van der Waals surface area contributed by atoms with Gasteiger partial charge in [0.2, 0.25) is 0 Å². The second-order valence-corrected chi connectivity index (χ2v) is 5.66. The fourth-order valence-corrected chi connectivity index (χ4v) is 2.21. The smallest absolute Gasteiger partial charge is 0.0558 e. The SMILES string of the molecule is CCN(CC)CC.CN(CCO)CCO.OC1CCCCC1. The molecule has 5 heteroatoms. The van der Waals surface area contributed by atoms with Crippen molar-refractivity contribution in [3.63, 3.8) is 0 Å². The monoisotopic (exact) mass is 320 g/mol. The summed E-state index contributed by atoms with van der Waals surface area (Å²) in [6.07, 6.45) is 5.92. The minimum Gasteiger partial charge on any atom is -0.395 e. The van der Waals surface area contributed by atoms with Gasteiger partial charge in [0.05, 0.1) is 19.3 Å². The second kappa shape index (κ2) is 18.8. The molecule has 22 heavy (non-hydrogen) atoms. The lowest BCUT2D eigenvalue weighted by atomic mass is 9.98. The van der Waals surface area contributed by atoms with Crippen molar-refractivity contribution < 1.29 is 15.3 Å². The van der Waals surface area contributed by atoms with E-state index in [2.05, 4.69) is 25.7 Å². The largest absolute Gasteiger partial charge is 0.395 e. The molecule has 0 radical (unpaired) electrons. The molecule has 0 saturated heterocycles. The van der Waals surface area contributed by atoms with Gasteiger partial charge in [0.1, 0.15) is 0 Å². The van der Waals surface area contributed by atoms with Gasteiger partial charge in [-0.25, -0.2) is 0 Å². The molecule has 1 saturated carbocycles. The quantitative estimate of drug-likeness (QED) is 0.664. The van der Waals surface area contributed by atoms with Gasteiger partial charge in [0.25, 0.3) is 0 Å². The predicted octanol–water partition coefficient (Wildman–Crippen LogP) is 1.56. The van der Waals surface area contributed by atoms with E-state index in [4.69, 9.17) is 15.3 Å². The number of nitrogens with zero attached hydrogens (tertiary/aromatic N) is 2. The molecule has 0 heterocycles. The van der Waals surface area contributed by atoms with Crippen molar-refractivity contribution in [2.75, 3.05) is 53.0 Å². The first-order valence-electron chi connectivity index (χ1n) is 8.86. The molecular weight excluding hydrogens is 280 g/mol. The molecule has 0 aromatic rings. The van der Waals surface area contributed by atoms with E-state index in [1.807, 2.05) is 11.9 Å². The summed E-state index contributed by atoms with van der Waals surface area (Å²) in [5.74, 6) is 0. The maximum absolute atomic E-state index is 8.91. The van der Waals surface area contributed by atoms with E-state index >= 15 is 0 Å². The summed E-state index contributed by atoms with van der Waals surface area (Å²) in [5.41, 5.74) is 0. The van der Waals surface area contributed by atoms with Crippen molar-refractivity contribution in [3.05, 3.63) is 0 Å². The molecule has 1 fully saturated rings. The average Bonchev–Trinajstić information content (AvgIpc) is 2.52. The van der Waals surface area contributed by atoms with Crippen molar-refractivity contribution in [3.8, 4) is 0 Å². The van der Waals surface area contributed by atoms with Crippen LogP contribution >= 0.6 is 0 Å².